The average molecular weight is 420 g/mol. The van der Waals surface area contributed by atoms with Crippen LogP contribution in [0.25, 0.3) is 0 Å². The van der Waals surface area contributed by atoms with Gasteiger partial charge < -0.3 is 15.4 Å². The van der Waals surface area contributed by atoms with Crippen molar-refractivity contribution in [1.29, 1.82) is 0 Å². The van der Waals surface area contributed by atoms with Crippen LogP contribution in [0.1, 0.15) is 37.1 Å². The average Bonchev–Trinajstić information content (AvgIpc) is 3.38. The molecule has 0 bridgehead atoms. The number of hydrogen-bond acceptors (Lipinski definition) is 7. The van der Waals surface area contributed by atoms with Gasteiger partial charge in [0.2, 0.25) is 5.95 Å². The van der Waals surface area contributed by atoms with Gasteiger partial charge >= 0.3 is 12.1 Å². The van der Waals surface area contributed by atoms with Crippen LogP contribution in [0.5, 0.6) is 0 Å². The molecule has 11 heteroatoms. The van der Waals surface area contributed by atoms with Crippen LogP contribution < -0.4 is 10.6 Å². The molecule has 1 saturated heterocycles. The molecule has 8 nitrogen and oxygen atoms in total. The van der Waals surface area contributed by atoms with Crippen LogP contribution >= 0.6 is 0 Å². The number of rotatable bonds is 6. The second-order valence-corrected chi connectivity index (χ2v) is 7.63. The maximum atomic E-state index is 13.2. The fourth-order valence-electron chi connectivity index (χ4n) is 3.85. The number of cyclic esters (lactones) is 1. The van der Waals surface area contributed by atoms with Crippen molar-refractivity contribution >= 4 is 23.6 Å². The maximum absolute atomic E-state index is 13.2. The van der Waals surface area contributed by atoms with Gasteiger partial charge in [-0.05, 0) is 19.8 Å². The van der Waals surface area contributed by atoms with Gasteiger partial charge in [-0.1, -0.05) is 12.2 Å². The molecule has 0 unspecified atom stereocenters. The summed E-state index contributed by atoms with van der Waals surface area (Å²) >= 11 is 0. The summed E-state index contributed by atoms with van der Waals surface area (Å²) in [7, 11) is 0. The van der Waals surface area contributed by atoms with Crippen molar-refractivity contribution in [3.05, 3.63) is 35.7 Å². The number of ether oxygens (including phenoxy) is 1. The summed E-state index contributed by atoms with van der Waals surface area (Å²) in [6, 6.07) is 1.90. The fraction of sp³-hybridized carbons (Fsp3) is 0.474. The summed E-state index contributed by atoms with van der Waals surface area (Å²) in [5.41, 5.74) is -1.25. The number of nitrogens with zero attached hydrogens (tertiary/aromatic N) is 4. The number of hydrogen-bond donors (Lipinski definition) is 2. The largest absolute Gasteiger partial charge is 0.464 e. The smallest absolute Gasteiger partial charge is 0.421 e. The van der Waals surface area contributed by atoms with Crippen LogP contribution in [-0.4, -0.2) is 38.9 Å². The zero-order chi connectivity index (χ0) is 21.1. The Balaban J connectivity index is 1.50. The highest BCUT2D eigenvalue weighted by Crippen LogP contribution is 2.49. The minimum atomic E-state index is -4.56. The third kappa shape index (κ3) is 2.83. The van der Waals surface area contributed by atoms with Gasteiger partial charge in [0, 0.05) is 24.7 Å². The summed E-state index contributed by atoms with van der Waals surface area (Å²) in [6.45, 7) is 2.29. The molecule has 2 N–H and O–H groups in total. The van der Waals surface area contributed by atoms with Gasteiger partial charge in [-0.2, -0.15) is 23.3 Å². The summed E-state index contributed by atoms with van der Waals surface area (Å²) in [6.07, 6.45) is 1.78. The number of esters is 1. The van der Waals surface area contributed by atoms with Gasteiger partial charge in [-0.15, -0.1) is 0 Å². The van der Waals surface area contributed by atoms with Crippen molar-refractivity contribution in [3.63, 3.8) is 0 Å². The Kier molecular flexibility index (Phi) is 4.06. The second-order valence-electron chi connectivity index (χ2n) is 7.63. The molecule has 0 spiro atoms. The highest BCUT2D eigenvalue weighted by atomic mass is 19.4. The molecular weight excluding hydrogens is 401 g/mol. The first-order valence-corrected chi connectivity index (χ1v) is 9.74. The van der Waals surface area contributed by atoms with E-state index in [0.29, 0.717) is 18.1 Å². The lowest BCUT2D eigenvalue weighted by atomic mass is 9.67. The molecule has 3 heterocycles. The Labute approximate surface area is 169 Å². The third-order valence-electron chi connectivity index (χ3n) is 5.64. The Hall–Kier alpha value is -3.11. The Bertz CT molecular complexity index is 1050. The summed E-state index contributed by atoms with van der Waals surface area (Å²) in [5.74, 6) is -0.132. The molecule has 2 atom stereocenters. The molecule has 1 aliphatic heterocycles. The molecule has 0 radical (unpaired) electrons. The first-order valence-electron chi connectivity index (χ1n) is 9.74. The van der Waals surface area contributed by atoms with E-state index in [0.717, 1.165) is 19.0 Å². The van der Waals surface area contributed by atoms with E-state index in [1.807, 2.05) is 6.08 Å². The van der Waals surface area contributed by atoms with Crippen molar-refractivity contribution in [2.45, 2.75) is 37.4 Å². The molecule has 158 valence electrons. The summed E-state index contributed by atoms with van der Waals surface area (Å²) in [4.78, 5) is 20.2. The lowest BCUT2D eigenvalue weighted by Gasteiger charge is -2.31. The zero-order valence-electron chi connectivity index (χ0n) is 16.0. The van der Waals surface area contributed by atoms with Crippen LogP contribution in [0.3, 0.4) is 0 Å². The number of alkyl halides is 3. The second kappa shape index (κ2) is 6.44. The van der Waals surface area contributed by atoms with E-state index in [9.17, 15) is 18.0 Å². The van der Waals surface area contributed by atoms with Crippen molar-refractivity contribution < 1.29 is 22.7 Å². The molecule has 3 aliphatic rings. The minimum absolute atomic E-state index is 0.0134. The van der Waals surface area contributed by atoms with Crippen LogP contribution in [-0.2, 0) is 21.1 Å². The van der Waals surface area contributed by atoms with Gasteiger partial charge in [-0.3, -0.25) is 4.79 Å². The number of carbonyl (C=O) groups excluding carboxylic acids is 1. The van der Waals surface area contributed by atoms with E-state index >= 15 is 0 Å². The van der Waals surface area contributed by atoms with E-state index in [1.165, 1.54) is 0 Å². The van der Waals surface area contributed by atoms with Gasteiger partial charge in [0.05, 0.1) is 18.3 Å². The Morgan fingerprint density at radius 3 is 2.77 bits per heavy atom. The third-order valence-corrected chi connectivity index (χ3v) is 5.64. The zero-order valence-corrected chi connectivity index (χ0v) is 16.0. The Morgan fingerprint density at radius 2 is 2.17 bits per heavy atom. The molecule has 30 heavy (non-hydrogen) atoms. The van der Waals surface area contributed by atoms with Crippen LogP contribution in [0.15, 0.2) is 24.4 Å². The van der Waals surface area contributed by atoms with E-state index in [1.54, 1.807) is 23.7 Å². The van der Waals surface area contributed by atoms with Gasteiger partial charge in [0.25, 0.3) is 0 Å². The Morgan fingerprint density at radius 1 is 1.37 bits per heavy atom. The van der Waals surface area contributed by atoms with Gasteiger partial charge in [-0.25, -0.2) is 9.67 Å². The topological polar surface area (TPSA) is 94.0 Å². The van der Waals surface area contributed by atoms with E-state index in [2.05, 4.69) is 25.7 Å². The molecule has 0 amide bonds. The molecule has 2 aliphatic carbocycles. The quantitative estimate of drug-likeness (QED) is 0.548. The predicted octanol–water partition coefficient (Wildman–Crippen LogP) is 3.18. The maximum Gasteiger partial charge on any atom is 0.421 e. The standard InChI is InChI=1S/C19H19F3N6O2/c1-2-23-15-12(19(20,21)22)8-24-17(26-15)25-14-7-13(27-28(14)11-3-4-11)18-6-5-10(18)9-30-16(18)29/h5-8,10-11H,2-4,9H2,1H3,(H2,23,24,25,26)/t10-,18-/m0/s1. The highest BCUT2D eigenvalue weighted by Gasteiger charge is 2.57. The van der Waals surface area contributed by atoms with Crippen LogP contribution in [0.2, 0.25) is 0 Å². The van der Waals surface area contributed by atoms with E-state index in [-0.39, 0.29) is 36.2 Å². The van der Waals surface area contributed by atoms with Crippen LogP contribution in [0, 0.1) is 5.92 Å². The number of nitrogens with one attached hydrogen (secondary N) is 2. The first kappa shape index (κ1) is 18.9. The van der Waals surface area contributed by atoms with Crippen molar-refractivity contribution in [3.8, 4) is 0 Å². The number of fused-ring (bicyclic) bond motifs is 1. The lowest BCUT2D eigenvalue weighted by Crippen LogP contribution is -2.41. The molecule has 2 fully saturated rings. The van der Waals surface area contributed by atoms with Crippen molar-refractivity contribution in [1.82, 2.24) is 19.7 Å². The van der Waals surface area contributed by atoms with E-state index in [4.69, 9.17) is 4.74 Å². The predicted molar refractivity (Wildman–Crippen MR) is 100 cm³/mol. The molecule has 5 rings (SSSR count). The van der Waals surface area contributed by atoms with Gasteiger partial charge in [0.15, 0.2) is 0 Å². The summed E-state index contributed by atoms with van der Waals surface area (Å²) < 4.78 is 46.6. The monoisotopic (exact) mass is 420 g/mol. The number of aromatic nitrogens is 4. The molecule has 2 aromatic rings. The number of anilines is 3. The minimum Gasteiger partial charge on any atom is -0.464 e. The normalized spacial score (nSPS) is 24.9. The number of carbonyl (C=O) groups is 1. The van der Waals surface area contributed by atoms with E-state index < -0.39 is 17.2 Å². The number of halogens is 3. The molecule has 1 saturated carbocycles. The van der Waals surface area contributed by atoms with Crippen LogP contribution in [0.4, 0.5) is 30.8 Å². The lowest BCUT2D eigenvalue weighted by molar-refractivity contribution is -0.141. The molecule has 2 aromatic heterocycles. The van der Waals surface area contributed by atoms with Crippen molar-refractivity contribution in [2.75, 3.05) is 23.8 Å². The fourth-order valence-corrected chi connectivity index (χ4v) is 3.85. The highest BCUT2D eigenvalue weighted by molar-refractivity contribution is 5.90. The SMILES string of the molecule is CCNc1nc(Nc2cc([C@]34C=C[C@H]3COC4=O)nn2C2CC2)ncc1C(F)(F)F. The first-order chi connectivity index (χ1) is 14.3. The van der Waals surface area contributed by atoms with Gasteiger partial charge in [0.1, 0.15) is 22.6 Å². The molecule has 0 aromatic carbocycles. The molecular formula is C19H19F3N6O2. The summed E-state index contributed by atoms with van der Waals surface area (Å²) in [5, 5.41) is 10.3. The van der Waals surface area contributed by atoms with Crippen molar-refractivity contribution in [2.24, 2.45) is 5.92 Å².